The minimum Gasteiger partial charge on any atom is -0.466 e. The van der Waals surface area contributed by atoms with Crippen LogP contribution >= 0.6 is 0 Å². The molecule has 0 spiro atoms. The highest BCUT2D eigenvalue weighted by Gasteiger charge is 2.26. The SMILES string of the molecule is CCOC(=O)C1CNc2c(F)cccc2C1. The third-order valence-corrected chi connectivity index (χ3v) is 2.71. The molecule has 1 unspecified atom stereocenters. The Hall–Kier alpha value is -1.58. The van der Waals surface area contributed by atoms with E-state index in [0.29, 0.717) is 25.3 Å². The highest BCUT2D eigenvalue weighted by Crippen LogP contribution is 2.27. The minimum absolute atomic E-state index is 0.214. The molecule has 0 aliphatic carbocycles. The van der Waals surface area contributed by atoms with E-state index >= 15 is 0 Å². The van der Waals surface area contributed by atoms with E-state index in [4.69, 9.17) is 4.74 Å². The summed E-state index contributed by atoms with van der Waals surface area (Å²) in [5.74, 6) is -0.695. The third kappa shape index (κ3) is 2.01. The molecule has 1 aliphatic rings. The monoisotopic (exact) mass is 223 g/mol. The van der Waals surface area contributed by atoms with E-state index in [1.54, 1.807) is 13.0 Å². The van der Waals surface area contributed by atoms with Crippen molar-refractivity contribution in [3.63, 3.8) is 0 Å². The summed E-state index contributed by atoms with van der Waals surface area (Å²) in [6.45, 7) is 2.60. The van der Waals surface area contributed by atoms with Gasteiger partial charge in [0.25, 0.3) is 0 Å². The molecule has 1 aliphatic heterocycles. The molecule has 0 saturated heterocycles. The first-order valence-electron chi connectivity index (χ1n) is 5.40. The van der Waals surface area contributed by atoms with Gasteiger partial charge in [-0.2, -0.15) is 0 Å². The summed E-state index contributed by atoms with van der Waals surface area (Å²) in [7, 11) is 0. The summed E-state index contributed by atoms with van der Waals surface area (Å²) in [6.07, 6.45) is 0.541. The maximum atomic E-state index is 13.4. The number of rotatable bonds is 2. The Bertz CT molecular complexity index is 406. The molecule has 0 amide bonds. The predicted molar refractivity (Wildman–Crippen MR) is 58.7 cm³/mol. The van der Waals surface area contributed by atoms with Crippen LogP contribution in [0.2, 0.25) is 0 Å². The number of carbonyl (C=O) groups excluding carboxylic acids is 1. The Morgan fingerprint density at radius 1 is 1.62 bits per heavy atom. The molecule has 86 valence electrons. The molecule has 0 saturated carbocycles. The molecular weight excluding hydrogens is 209 g/mol. The number of anilines is 1. The molecular formula is C12H14FNO2. The van der Waals surface area contributed by atoms with E-state index in [2.05, 4.69) is 5.32 Å². The topological polar surface area (TPSA) is 38.3 Å². The molecule has 0 aromatic heterocycles. The number of ether oxygens (including phenoxy) is 1. The van der Waals surface area contributed by atoms with E-state index < -0.39 is 0 Å². The molecule has 0 radical (unpaired) electrons. The van der Waals surface area contributed by atoms with Crippen LogP contribution in [0.1, 0.15) is 12.5 Å². The van der Waals surface area contributed by atoms with E-state index in [0.717, 1.165) is 5.56 Å². The highest BCUT2D eigenvalue weighted by molar-refractivity contribution is 5.75. The lowest BCUT2D eigenvalue weighted by Crippen LogP contribution is -2.31. The van der Waals surface area contributed by atoms with Gasteiger partial charge in [0, 0.05) is 6.54 Å². The smallest absolute Gasteiger partial charge is 0.311 e. The average Bonchev–Trinajstić information content (AvgIpc) is 2.29. The summed E-state index contributed by atoms with van der Waals surface area (Å²) in [5, 5.41) is 2.94. The number of esters is 1. The molecule has 1 aromatic carbocycles. The van der Waals surface area contributed by atoms with Crippen molar-refractivity contribution in [2.75, 3.05) is 18.5 Å². The molecule has 0 bridgehead atoms. The van der Waals surface area contributed by atoms with Crippen LogP contribution in [0.25, 0.3) is 0 Å². The van der Waals surface area contributed by atoms with Gasteiger partial charge in [0.2, 0.25) is 0 Å². The summed E-state index contributed by atoms with van der Waals surface area (Å²) < 4.78 is 18.3. The molecule has 1 atom stereocenters. The Morgan fingerprint density at radius 2 is 2.44 bits per heavy atom. The van der Waals surface area contributed by atoms with Crippen molar-refractivity contribution in [3.05, 3.63) is 29.6 Å². The molecule has 16 heavy (non-hydrogen) atoms. The first kappa shape index (κ1) is 10.9. The van der Waals surface area contributed by atoms with Gasteiger partial charge in [-0.05, 0) is 25.0 Å². The number of fused-ring (bicyclic) bond motifs is 1. The van der Waals surface area contributed by atoms with E-state index in [1.807, 2.05) is 6.07 Å². The number of carbonyl (C=O) groups is 1. The van der Waals surface area contributed by atoms with Gasteiger partial charge in [-0.25, -0.2) is 4.39 Å². The van der Waals surface area contributed by atoms with Gasteiger partial charge in [-0.1, -0.05) is 12.1 Å². The second kappa shape index (κ2) is 4.51. The van der Waals surface area contributed by atoms with Crippen LogP contribution in [0.4, 0.5) is 10.1 Å². The second-order valence-corrected chi connectivity index (χ2v) is 3.81. The average molecular weight is 223 g/mol. The largest absolute Gasteiger partial charge is 0.466 e. The minimum atomic E-state index is -0.264. The van der Waals surface area contributed by atoms with Crippen LogP contribution in [0, 0.1) is 11.7 Å². The first-order chi connectivity index (χ1) is 7.72. The quantitative estimate of drug-likeness (QED) is 0.779. The van der Waals surface area contributed by atoms with Crippen LogP contribution < -0.4 is 5.32 Å². The summed E-state index contributed by atoms with van der Waals surface area (Å²) in [6, 6.07) is 4.90. The van der Waals surface area contributed by atoms with Gasteiger partial charge < -0.3 is 10.1 Å². The first-order valence-corrected chi connectivity index (χ1v) is 5.40. The molecule has 4 heteroatoms. The van der Waals surface area contributed by atoms with Gasteiger partial charge >= 0.3 is 5.97 Å². The Balaban J connectivity index is 2.15. The lowest BCUT2D eigenvalue weighted by Gasteiger charge is -2.24. The zero-order valence-electron chi connectivity index (χ0n) is 9.13. The van der Waals surface area contributed by atoms with Gasteiger partial charge in [0.15, 0.2) is 0 Å². The number of halogens is 1. The van der Waals surface area contributed by atoms with E-state index in [-0.39, 0.29) is 17.7 Å². The fourth-order valence-electron chi connectivity index (χ4n) is 1.93. The zero-order valence-corrected chi connectivity index (χ0v) is 9.13. The van der Waals surface area contributed by atoms with E-state index in [9.17, 15) is 9.18 Å². The van der Waals surface area contributed by atoms with Crippen molar-refractivity contribution in [3.8, 4) is 0 Å². The number of nitrogens with one attached hydrogen (secondary N) is 1. The maximum Gasteiger partial charge on any atom is 0.311 e. The Kier molecular flexibility index (Phi) is 3.08. The van der Waals surface area contributed by atoms with Crippen molar-refractivity contribution in [1.29, 1.82) is 0 Å². The summed E-state index contributed by atoms with van der Waals surface area (Å²) >= 11 is 0. The maximum absolute atomic E-state index is 13.4. The van der Waals surface area contributed by atoms with Gasteiger partial charge in [-0.15, -0.1) is 0 Å². The number of hydrogen-bond acceptors (Lipinski definition) is 3. The molecule has 3 nitrogen and oxygen atoms in total. The van der Waals surface area contributed by atoms with Crippen molar-refractivity contribution >= 4 is 11.7 Å². The fraction of sp³-hybridized carbons (Fsp3) is 0.417. The molecule has 0 fully saturated rings. The standard InChI is InChI=1S/C12H14FNO2/c1-2-16-12(15)9-6-8-4-3-5-10(13)11(8)14-7-9/h3-5,9,14H,2,6-7H2,1H3. The second-order valence-electron chi connectivity index (χ2n) is 3.81. The van der Waals surface area contributed by atoms with Crippen molar-refractivity contribution < 1.29 is 13.9 Å². The Morgan fingerprint density at radius 3 is 3.19 bits per heavy atom. The molecule has 1 heterocycles. The van der Waals surface area contributed by atoms with Crippen molar-refractivity contribution in [2.24, 2.45) is 5.92 Å². The van der Waals surface area contributed by atoms with Crippen molar-refractivity contribution in [2.45, 2.75) is 13.3 Å². The molecule has 1 aromatic rings. The van der Waals surface area contributed by atoms with Crippen LogP contribution in [0.5, 0.6) is 0 Å². The Labute approximate surface area is 93.6 Å². The fourth-order valence-corrected chi connectivity index (χ4v) is 1.93. The highest BCUT2D eigenvalue weighted by atomic mass is 19.1. The summed E-state index contributed by atoms with van der Waals surface area (Å²) in [5.41, 5.74) is 1.35. The van der Waals surface area contributed by atoms with Crippen LogP contribution in [-0.2, 0) is 16.0 Å². The van der Waals surface area contributed by atoms with Crippen molar-refractivity contribution in [1.82, 2.24) is 0 Å². The molecule has 1 N–H and O–H groups in total. The number of para-hydroxylation sites is 1. The van der Waals surface area contributed by atoms with Gasteiger partial charge in [-0.3, -0.25) is 4.79 Å². The van der Waals surface area contributed by atoms with Gasteiger partial charge in [0.05, 0.1) is 18.2 Å². The zero-order chi connectivity index (χ0) is 11.5. The van der Waals surface area contributed by atoms with Gasteiger partial charge in [0.1, 0.15) is 5.82 Å². The lowest BCUT2D eigenvalue weighted by atomic mass is 9.94. The lowest BCUT2D eigenvalue weighted by molar-refractivity contribution is -0.147. The van der Waals surface area contributed by atoms with E-state index in [1.165, 1.54) is 6.07 Å². The normalized spacial score (nSPS) is 18.5. The number of hydrogen-bond donors (Lipinski definition) is 1. The molecule has 2 rings (SSSR count). The van der Waals surface area contributed by atoms with Crippen LogP contribution in [-0.4, -0.2) is 19.1 Å². The summed E-state index contributed by atoms with van der Waals surface area (Å²) in [4.78, 5) is 11.5. The van der Waals surface area contributed by atoms with Crippen LogP contribution in [0.3, 0.4) is 0 Å². The predicted octanol–water partition coefficient (Wildman–Crippen LogP) is 1.97. The third-order valence-electron chi connectivity index (χ3n) is 2.71. The number of benzene rings is 1. The van der Waals surface area contributed by atoms with Crippen LogP contribution in [0.15, 0.2) is 18.2 Å².